The van der Waals surface area contributed by atoms with Gasteiger partial charge in [-0.05, 0) is 55.8 Å². The Morgan fingerprint density at radius 1 is 1.15 bits per heavy atom. The van der Waals surface area contributed by atoms with Crippen molar-refractivity contribution >= 4 is 22.4 Å². The van der Waals surface area contributed by atoms with Gasteiger partial charge >= 0.3 is 0 Å². The van der Waals surface area contributed by atoms with Gasteiger partial charge in [0.25, 0.3) is 0 Å². The van der Waals surface area contributed by atoms with Gasteiger partial charge in [0.15, 0.2) is 0 Å². The second-order valence-corrected chi connectivity index (χ2v) is 7.04. The maximum absolute atomic E-state index is 6.00. The van der Waals surface area contributed by atoms with E-state index in [4.69, 9.17) is 10.5 Å². The van der Waals surface area contributed by atoms with E-state index in [0.717, 1.165) is 60.6 Å². The third-order valence-electron chi connectivity index (χ3n) is 5.07. The van der Waals surface area contributed by atoms with Crippen LogP contribution in [0.25, 0.3) is 10.9 Å². The first-order valence-corrected chi connectivity index (χ1v) is 9.34. The molecule has 0 bridgehead atoms. The van der Waals surface area contributed by atoms with Crippen molar-refractivity contribution in [2.24, 2.45) is 5.73 Å². The molecule has 6 nitrogen and oxygen atoms in total. The molecule has 140 valence electrons. The second-order valence-electron chi connectivity index (χ2n) is 7.04. The fourth-order valence-corrected chi connectivity index (χ4v) is 3.51. The molecule has 3 aromatic rings. The monoisotopic (exact) mass is 363 g/mol. The fraction of sp³-hybridized carbons (Fsp3) is 0.333. The van der Waals surface area contributed by atoms with Gasteiger partial charge in [-0.1, -0.05) is 12.1 Å². The van der Waals surface area contributed by atoms with Gasteiger partial charge in [0.1, 0.15) is 17.9 Å². The van der Waals surface area contributed by atoms with Crippen LogP contribution in [0.4, 0.5) is 11.5 Å². The summed E-state index contributed by atoms with van der Waals surface area (Å²) < 4.78 is 5.29. The first kappa shape index (κ1) is 17.7. The highest BCUT2D eigenvalue weighted by Gasteiger charge is 2.16. The van der Waals surface area contributed by atoms with Crippen LogP contribution in [0.3, 0.4) is 0 Å². The molecule has 1 aromatic heterocycles. The number of nitrogens with two attached hydrogens (primary N) is 1. The van der Waals surface area contributed by atoms with Crippen molar-refractivity contribution in [3.05, 3.63) is 54.4 Å². The summed E-state index contributed by atoms with van der Waals surface area (Å²) in [7, 11) is 1.66. The molecule has 4 rings (SSSR count). The van der Waals surface area contributed by atoms with E-state index >= 15 is 0 Å². The molecule has 1 aliphatic heterocycles. The van der Waals surface area contributed by atoms with Crippen LogP contribution in [-0.4, -0.2) is 41.1 Å². The summed E-state index contributed by atoms with van der Waals surface area (Å²) in [6.07, 6.45) is 3.75. The molecule has 3 N–H and O–H groups in total. The van der Waals surface area contributed by atoms with E-state index < -0.39 is 0 Å². The lowest BCUT2D eigenvalue weighted by Crippen LogP contribution is -2.39. The quantitative estimate of drug-likeness (QED) is 0.724. The van der Waals surface area contributed by atoms with E-state index in [1.165, 1.54) is 5.56 Å². The standard InChI is InChI=1S/C21H25N5O/c1-27-18-4-2-3-17(12-18)25-21-19-6-5-15(11-20(19)23-14-24-21)13-26-9-7-16(22)8-10-26/h2-6,11-12,14,16H,7-10,13,22H2,1H3,(H,23,24,25). The molecule has 0 aliphatic carbocycles. The summed E-state index contributed by atoms with van der Waals surface area (Å²) in [5.41, 5.74) is 9.15. The Labute approximate surface area is 159 Å². The summed E-state index contributed by atoms with van der Waals surface area (Å²) in [5.74, 6) is 1.60. The molecule has 0 unspecified atom stereocenters. The van der Waals surface area contributed by atoms with Crippen LogP contribution in [0.1, 0.15) is 18.4 Å². The van der Waals surface area contributed by atoms with Crippen molar-refractivity contribution in [1.29, 1.82) is 0 Å². The van der Waals surface area contributed by atoms with E-state index in [2.05, 4.69) is 38.4 Å². The highest BCUT2D eigenvalue weighted by atomic mass is 16.5. The molecule has 1 fully saturated rings. The number of benzene rings is 2. The fourth-order valence-electron chi connectivity index (χ4n) is 3.51. The number of ether oxygens (including phenoxy) is 1. The van der Waals surface area contributed by atoms with Crippen LogP contribution >= 0.6 is 0 Å². The molecule has 6 heteroatoms. The van der Waals surface area contributed by atoms with Crippen LogP contribution < -0.4 is 15.8 Å². The van der Waals surface area contributed by atoms with Gasteiger partial charge in [0.05, 0.1) is 12.6 Å². The molecule has 27 heavy (non-hydrogen) atoms. The predicted octanol–water partition coefficient (Wildman–Crippen LogP) is 3.31. The number of anilines is 2. The highest BCUT2D eigenvalue weighted by molar-refractivity contribution is 5.91. The summed E-state index contributed by atoms with van der Waals surface area (Å²) in [4.78, 5) is 11.4. The zero-order valence-electron chi connectivity index (χ0n) is 15.6. The lowest BCUT2D eigenvalue weighted by molar-refractivity contribution is 0.206. The Morgan fingerprint density at radius 3 is 2.81 bits per heavy atom. The molecule has 1 aliphatic rings. The maximum Gasteiger partial charge on any atom is 0.141 e. The molecule has 1 saturated heterocycles. The first-order chi connectivity index (χ1) is 13.2. The van der Waals surface area contributed by atoms with Crippen LogP contribution in [-0.2, 0) is 6.54 Å². The van der Waals surface area contributed by atoms with Gasteiger partial charge in [-0.15, -0.1) is 0 Å². The molecular formula is C21H25N5O. The minimum Gasteiger partial charge on any atom is -0.497 e. The Balaban J connectivity index is 1.55. The van der Waals surface area contributed by atoms with Crippen molar-refractivity contribution in [3.8, 4) is 5.75 Å². The molecule has 0 amide bonds. The number of rotatable bonds is 5. The molecule has 2 aromatic carbocycles. The smallest absolute Gasteiger partial charge is 0.141 e. The summed E-state index contributed by atoms with van der Waals surface area (Å²) in [6, 6.07) is 14.6. The lowest BCUT2D eigenvalue weighted by atomic mass is 10.0. The van der Waals surface area contributed by atoms with Gasteiger partial charge < -0.3 is 15.8 Å². The third-order valence-corrected chi connectivity index (χ3v) is 5.07. The van der Waals surface area contributed by atoms with Crippen molar-refractivity contribution in [1.82, 2.24) is 14.9 Å². The predicted molar refractivity (Wildman–Crippen MR) is 108 cm³/mol. The normalized spacial score (nSPS) is 15.8. The SMILES string of the molecule is COc1cccc(Nc2ncnc3cc(CN4CCC(N)CC4)ccc23)c1. The Morgan fingerprint density at radius 2 is 2.00 bits per heavy atom. The Bertz CT molecular complexity index is 921. The van der Waals surface area contributed by atoms with E-state index in [1.807, 2.05) is 24.3 Å². The minimum atomic E-state index is 0.357. The largest absolute Gasteiger partial charge is 0.497 e. The number of hydrogen-bond acceptors (Lipinski definition) is 6. The molecule has 0 radical (unpaired) electrons. The van der Waals surface area contributed by atoms with Crippen LogP contribution in [0, 0.1) is 0 Å². The van der Waals surface area contributed by atoms with Crippen molar-refractivity contribution in [3.63, 3.8) is 0 Å². The van der Waals surface area contributed by atoms with E-state index in [-0.39, 0.29) is 0 Å². The molecule has 2 heterocycles. The molecule has 0 spiro atoms. The highest BCUT2D eigenvalue weighted by Crippen LogP contribution is 2.26. The van der Waals surface area contributed by atoms with E-state index in [0.29, 0.717) is 6.04 Å². The molecule has 0 atom stereocenters. The van der Waals surface area contributed by atoms with Crippen molar-refractivity contribution in [2.45, 2.75) is 25.4 Å². The number of fused-ring (bicyclic) bond motifs is 1. The Hall–Kier alpha value is -2.70. The first-order valence-electron chi connectivity index (χ1n) is 9.34. The molecule has 0 saturated carbocycles. The van der Waals surface area contributed by atoms with Gasteiger partial charge in [0.2, 0.25) is 0 Å². The summed E-state index contributed by atoms with van der Waals surface area (Å²) in [6.45, 7) is 3.06. The zero-order valence-corrected chi connectivity index (χ0v) is 15.6. The van der Waals surface area contributed by atoms with Crippen molar-refractivity contribution in [2.75, 3.05) is 25.5 Å². The minimum absolute atomic E-state index is 0.357. The van der Waals surface area contributed by atoms with Crippen LogP contribution in [0.2, 0.25) is 0 Å². The topological polar surface area (TPSA) is 76.3 Å². The lowest BCUT2D eigenvalue weighted by Gasteiger charge is -2.30. The van der Waals surface area contributed by atoms with Crippen molar-refractivity contribution < 1.29 is 4.74 Å². The number of piperidine rings is 1. The summed E-state index contributed by atoms with van der Waals surface area (Å²) >= 11 is 0. The van der Waals surface area contributed by atoms with Gasteiger partial charge in [-0.25, -0.2) is 9.97 Å². The van der Waals surface area contributed by atoms with Gasteiger partial charge in [-0.2, -0.15) is 0 Å². The zero-order chi connectivity index (χ0) is 18.6. The van der Waals surface area contributed by atoms with Gasteiger partial charge in [-0.3, -0.25) is 4.90 Å². The van der Waals surface area contributed by atoms with Gasteiger partial charge in [0, 0.05) is 29.7 Å². The van der Waals surface area contributed by atoms with E-state index in [1.54, 1.807) is 13.4 Å². The number of nitrogens with one attached hydrogen (secondary N) is 1. The molecular weight excluding hydrogens is 338 g/mol. The number of nitrogens with zero attached hydrogens (tertiary/aromatic N) is 3. The number of hydrogen-bond donors (Lipinski definition) is 2. The number of methoxy groups -OCH3 is 1. The third kappa shape index (κ3) is 4.18. The number of likely N-dealkylation sites (tertiary alicyclic amines) is 1. The van der Waals surface area contributed by atoms with Crippen LogP contribution in [0.5, 0.6) is 5.75 Å². The number of aromatic nitrogens is 2. The van der Waals surface area contributed by atoms with E-state index in [9.17, 15) is 0 Å². The van der Waals surface area contributed by atoms with Crippen LogP contribution in [0.15, 0.2) is 48.8 Å². The average Bonchev–Trinajstić information content (AvgIpc) is 2.70. The summed E-state index contributed by atoms with van der Waals surface area (Å²) in [5, 5.41) is 4.38. The average molecular weight is 363 g/mol. The Kier molecular flexibility index (Phi) is 5.18. The second kappa shape index (κ2) is 7.90. The maximum atomic E-state index is 6.00.